The molecular formula is C30H42N2O2. The Hall–Kier alpha value is -2.75. The second-order valence-electron chi connectivity index (χ2n) is 10.7. The summed E-state index contributed by atoms with van der Waals surface area (Å²) in [6.45, 7) is 18.7. The summed E-state index contributed by atoms with van der Waals surface area (Å²) in [6.07, 6.45) is 3.46. The minimum Gasteiger partial charge on any atom is -0.478 e. The maximum atomic E-state index is 13.1. The van der Waals surface area contributed by atoms with E-state index in [1.165, 1.54) is 22.3 Å². The molecule has 0 saturated heterocycles. The number of para-hydroxylation sites is 2. The van der Waals surface area contributed by atoms with Crippen LogP contribution in [-0.4, -0.2) is 30.3 Å². The van der Waals surface area contributed by atoms with E-state index in [9.17, 15) is 9.90 Å². The van der Waals surface area contributed by atoms with Gasteiger partial charge in [0.2, 0.25) is 6.17 Å². The summed E-state index contributed by atoms with van der Waals surface area (Å²) < 4.78 is 0. The second-order valence-corrected chi connectivity index (χ2v) is 10.7. The molecule has 0 aliphatic carbocycles. The fraction of sp³-hybridized carbons (Fsp3) is 0.500. The van der Waals surface area contributed by atoms with Crippen LogP contribution in [0.3, 0.4) is 0 Å². The standard InChI is InChI=1S/C30H42N2O2/c1-19(2)23-13-11-14-24(20(3)4)27(23)31-17-9-10-18-32(29(31)30(33)34)28-25(21(5)6)15-12-16-26(28)22(7)8/h9-16,19-22,29H,17-18H2,1-8H3,(H,33,34). The molecule has 0 amide bonds. The van der Waals surface area contributed by atoms with E-state index in [0.29, 0.717) is 13.1 Å². The highest BCUT2D eigenvalue weighted by Crippen LogP contribution is 2.41. The average molecular weight is 463 g/mol. The predicted molar refractivity (Wildman–Crippen MR) is 144 cm³/mol. The van der Waals surface area contributed by atoms with Crippen LogP contribution in [0.5, 0.6) is 0 Å². The molecule has 184 valence electrons. The molecule has 4 nitrogen and oxygen atoms in total. The van der Waals surface area contributed by atoms with Crippen LogP contribution in [0.4, 0.5) is 11.4 Å². The lowest BCUT2D eigenvalue weighted by atomic mass is 9.90. The Morgan fingerprint density at radius 3 is 1.21 bits per heavy atom. The molecular weight excluding hydrogens is 420 g/mol. The number of benzene rings is 2. The molecule has 1 heterocycles. The Morgan fingerprint density at radius 2 is 0.971 bits per heavy atom. The molecule has 1 aliphatic heterocycles. The molecule has 0 atom stereocenters. The van der Waals surface area contributed by atoms with Crippen molar-refractivity contribution in [3.8, 4) is 0 Å². The number of hydrogen-bond donors (Lipinski definition) is 1. The van der Waals surface area contributed by atoms with Gasteiger partial charge in [0.1, 0.15) is 0 Å². The van der Waals surface area contributed by atoms with Crippen molar-refractivity contribution in [2.45, 2.75) is 85.2 Å². The smallest absolute Gasteiger partial charge is 0.347 e. The van der Waals surface area contributed by atoms with Crippen LogP contribution in [0.25, 0.3) is 0 Å². The van der Waals surface area contributed by atoms with Gasteiger partial charge in [0.15, 0.2) is 0 Å². The molecule has 0 saturated carbocycles. The lowest BCUT2D eigenvalue weighted by Crippen LogP contribution is -2.54. The summed E-state index contributed by atoms with van der Waals surface area (Å²) in [5.74, 6) is 0.345. The van der Waals surface area contributed by atoms with Crippen molar-refractivity contribution in [1.82, 2.24) is 0 Å². The Bertz CT molecular complexity index is 908. The van der Waals surface area contributed by atoms with E-state index in [-0.39, 0.29) is 23.7 Å². The van der Waals surface area contributed by atoms with Crippen LogP contribution < -0.4 is 9.80 Å². The lowest BCUT2D eigenvalue weighted by Gasteiger charge is -2.42. The summed E-state index contributed by atoms with van der Waals surface area (Å²) >= 11 is 0. The topological polar surface area (TPSA) is 43.8 Å². The van der Waals surface area contributed by atoms with Crippen molar-refractivity contribution >= 4 is 17.3 Å². The summed E-state index contributed by atoms with van der Waals surface area (Å²) in [4.78, 5) is 17.3. The largest absolute Gasteiger partial charge is 0.478 e. The number of aliphatic carboxylic acids is 1. The van der Waals surface area contributed by atoms with Crippen molar-refractivity contribution in [3.05, 3.63) is 70.8 Å². The minimum absolute atomic E-state index is 0.290. The SMILES string of the molecule is CC(C)c1cccc(C(C)C)c1N1CC=CCN(c2c(C(C)C)cccc2C(C)C)C1C(=O)O. The van der Waals surface area contributed by atoms with E-state index in [1.54, 1.807) is 0 Å². The lowest BCUT2D eigenvalue weighted by molar-refractivity contribution is -0.138. The molecule has 34 heavy (non-hydrogen) atoms. The number of nitrogens with zero attached hydrogens (tertiary/aromatic N) is 2. The zero-order valence-corrected chi connectivity index (χ0v) is 22.2. The number of hydrogen-bond acceptors (Lipinski definition) is 3. The number of carbonyl (C=O) groups is 1. The fourth-order valence-corrected chi connectivity index (χ4v) is 5.12. The van der Waals surface area contributed by atoms with Gasteiger partial charge in [-0.1, -0.05) is 104 Å². The second kappa shape index (κ2) is 10.7. The van der Waals surface area contributed by atoms with Crippen molar-refractivity contribution in [2.24, 2.45) is 0 Å². The molecule has 0 aromatic heterocycles. The van der Waals surface area contributed by atoms with Crippen LogP contribution in [0.2, 0.25) is 0 Å². The van der Waals surface area contributed by atoms with Crippen molar-refractivity contribution in [3.63, 3.8) is 0 Å². The van der Waals surface area contributed by atoms with Crippen LogP contribution >= 0.6 is 0 Å². The first-order valence-corrected chi connectivity index (χ1v) is 12.7. The van der Waals surface area contributed by atoms with Gasteiger partial charge in [0.05, 0.1) is 0 Å². The monoisotopic (exact) mass is 462 g/mol. The number of rotatable bonds is 7. The van der Waals surface area contributed by atoms with E-state index in [4.69, 9.17) is 0 Å². The van der Waals surface area contributed by atoms with E-state index in [1.807, 2.05) is 0 Å². The highest BCUT2D eigenvalue weighted by Gasteiger charge is 2.37. The number of carboxylic acid groups (broad SMARTS) is 1. The van der Waals surface area contributed by atoms with Gasteiger partial charge in [-0.2, -0.15) is 0 Å². The van der Waals surface area contributed by atoms with Crippen LogP contribution in [0.1, 0.15) is 101 Å². The number of anilines is 2. The van der Waals surface area contributed by atoms with Gasteiger partial charge in [0.25, 0.3) is 0 Å². The molecule has 4 heteroatoms. The molecule has 0 bridgehead atoms. The third-order valence-corrected chi connectivity index (χ3v) is 6.84. The number of carboxylic acids is 1. The van der Waals surface area contributed by atoms with Gasteiger partial charge in [-0.15, -0.1) is 0 Å². The zero-order chi connectivity index (χ0) is 25.2. The Balaban J connectivity index is 2.31. The van der Waals surface area contributed by atoms with E-state index >= 15 is 0 Å². The quantitative estimate of drug-likeness (QED) is 0.433. The van der Waals surface area contributed by atoms with Gasteiger partial charge >= 0.3 is 5.97 Å². The highest BCUT2D eigenvalue weighted by atomic mass is 16.4. The predicted octanol–water partition coefficient (Wildman–Crippen LogP) is 7.47. The maximum Gasteiger partial charge on any atom is 0.347 e. The third kappa shape index (κ3) is 5.01. The first-order chi connectivity index (χ1) is 16.1. The molecule has 1 aliphatic rings. The van der Waals surface area contributed by atoms with Gasteiger partial charge in [-0.05, 0) is 45.9 Å². The van der Waals surface area contributed by atoms with Crippen LogP contribution in [0, 0.1) is 0 Å². The van der Waals surface area contributed by atoms with E-state index in [2.05, 4.69) is 114 Å². The molecule has 2 aromatic carbocycles. The van der Waals surface area contributed by atoms with Gasteiger partial charge in [0, 0.05) is 24.5 Å². The summed E-state index contributed by atoms with van der Waals surface area (Å²) in [5, 5.41) is 10.7. The Labute approximate surface area is 206 Å². The maximum absolute atomic E-state index is 13.1. The zero-order valence-electron chi connectivity index (χ0n) is 22.2. The Kier molecular flexibility index (Phi) is 8.12. The fourth-order valence-electron chi connectivity index (χ4n) is 5.12. The molecule has 1 N–H and O–H groups in total. The summed E-state index contributed by atoms with van der Waals surface area (Å²) in [5.41, 5.74) is 6.96. The normalized spacial score (nSPS) is 15.2. The molecule has 0 radical (unpaired) electrons. The van der Waals surface area contributed by atoms with E-state index in [0.717, 1.165) is 11.4 Å². The molecule has 3 rings (SSSR count). The first kappa shape index (κ1) is 25.9. The van der Waals surface area contributed by atoms with Gasteiger partial charge in [-0.3, -0.25) is 0 Å². The third-order valence-electron chi connectivity index (χ3n) is 6.84. The molecule has 2 aromatic rings. The van der Waals surface area contributed by atoms with Crippen LogP contribution in [-0.2, 0) is 4.79 Å². The van der Waals surface area contributed by atoms with Gasteiger partial charge in [-0.25, -0.2) is 4.79 Å². The van der Waals surface area contributed by atoms with E-state index < -0.39 is 12.1 Å². The molecule has 0 unspecified atom stereocenters. The Morgan fingerprint density at radius 1 is 0.676 bits per heavy atom. The molecule has 0 fully saturated rings. The van der Waals surface area contributed by atoms with Crippen molar-refractivity contribution in [1.29, 1.82) is 0 Å². The minimum atomic E-state index is -0.815. The summed E-state index contributed by atoms with van der Waals surface area (Å²) in [6, 6.07) is 12.9. The highest BCUT2D eigenvalue weighted by molar-refractivity contribution is 5.85. The van der Waals surface area contributed by atoms with Crippen LogP contribution in [0.15, 0.2) is 48.6 Å². The van der Waals surface area contributed by atoms with Crippen molar-refractivity contribution < 1.29 is 9.90 Å². The average Bonchev–Trinajstić information content (AvgIpc) is 3.00. The molecule has 0 spiro atoms. The first-order valence-electron chi connectivity index (χ1n) is 12.7. The summed E-state index contributed by atoms with van der Waals surface area (Å²) in [7, 11) is 0. The van der Waals surface area contributed by atoms with Crippen molar-refractivity contribution in [2.75, 3.05) is 22.9 Å². The van der Waals surface area contributed by atoms with Gasteiger partial charge < -0.3 is 14.9 Å².